The van der Waals surface area contributed by atoms with Crippen molar-refractivity contribution in [3.8, 4) is 0 Å². The van der Waals surface area contributed by atoms with Crippen molar-refractivity contribution in [2.45, 2.75) is 32.8 Å². The number of aromatic nitrogens is 2. The van der Waals surface area contributed by atoms with Crippen LogP contribution in [0.3, 0.4) is 0 Å². The second kappa shape index (κ2) is 6.56. The summed E-state index contributed by atoms with van der Waals surface area (Å²) >= 11 is 0. The van der Waals surface area contributed by atoms with Crippen LogP contribution in [0.2, 0.25) is 0 Å². The van der Waals surface area contributed by atoms with E-state index in [-0.39, 0.29) is 6.10 Å². The van der Waals surface area contributed by atoms with Gasteiger partial charge in [-0.05, 0) is 12.8 Å². The van der Waals surface area contributed by atoms with Gasteiger partial charge in [-0.2, -0.15) is 9.97 Å². The van der Waals surface area contributed by atoms with E-state index in [1.807, 2.05) is 6.07 Å². The predicted octanol–water partition coefficient (Wildman–Crippen LogP) is 1.50. The van der Waals surface area contributed by atoms with Crippen molar-refractivity contribution in [3.05, 3.63) is 6.07 Å². The van der Waals surface area contributed by atoms with E-state index in [0.717, 1.165) is 50.7 Å². The summed E-state index contributed by atoms with van der Waals surface area (Å²) in [7, 11) is 0. The minimum absolute atomic E-state index is 0.275. The first-order valence-corrected chi connectivity index (χ1v) is 6.98. The number of nitrogen functional groups attached to an aromatic ring is 1. The first-order chi connectivity index (χ1) is 9.22. The Morgan fingerprint density at radius 1 is 1.47 bits per heavy atom. The van der Waals surface area contributed by atoms with Gasteiger partial charge < -0.3 is 20.7 Å². The van der Waals surface area contributed by atoms with Gasteiger partial charge in [0.1, 0.15) is 11.6 Å². The third-order valence-corrected chi connectivity index (χ3v) is 3.20. The highest BCUT2D eigenvalue weighted by molar-refractivity contribution is 5.52. The van der Waals surface area contributed by atoms with Crippen LogP contribution in [0.5, 0.6) is 0 Å². The summed E-state index contributed by atoms with van der Waals surface area (Å²) in [5, 5.41) is 3.25. The molecule has 0 aromatic carbocycles. The maximum absolute atomic E-state index is 5.78. The molecular formula is C13H23N5O. The van der Waals surface area contributed by atoms with Crippen LogP contribution in [-0.4, -0.2) is 42.3 Å². The number of nitrogens with one attached hydrogen (secondary N) is 1. The van der Waals surface area contributed by atoms with Crippen molar-refractivity contribution in [3.63, 3.8) is 0 Å². The fraction of sp³-hybridized carbons (Fsp3) is 0.692. The molecule has 2 rings (SSSR count). The van der Waals surface area contributed by atoms with Gasteiger partial charge >= 0.3 is 0 Å². The van der Waals surface area contributed by atoms with Crippen LogP contribution < -0.4 is 16.0 Å². The van der Waals surface area contributed by atoms with Gasteiger partial charge in [0.15, 0.2) is 0 Å². The van der Waals surface area contributed by atoms with E-state index in [0.29, 0.717) is 5.95 Å². The van der Waals surface area contributed by atoms with E-state index in [4.69, 9.17) is 10.5 Å². The van der Waals surface area contributed by atoms with Gasteiger partial charge in [0, 0.05) is 25.7 Å². The highest BCUT2D eigenvalue weighted by Gasteiger charge is 2.20. The molecule has 0 saturated carbocycles. The summed E-state index contributed by atoms with van der Waals surface area (Å²) in [6.45, 7) is 7.58. The van der Waals surface area contributed by atoms with Crippen molar-refractivity contribution in [2.75, 3.05) is 42.2 Å². The molecule has 1 aliphatic heterocycles. The lowest BCUT2D eigenvalue weighted by molar-refractivity contribution is 0.0382. The summed E-state index contributed by atoms with van der Waals surface area (Å²) in [5.41, 5.74) is 5.78. The smallest absolute Gasteiger partial charge is 0.223 e. The number of morpholine rings is 1. The van der Waals surface area contributed by atoms with Gasteiger partial charge in [0.05, 0.1) is 12.7 Å². The molecule has 1 fully saturated rings. The molecule has 106 valence electrons. The highest BCUT2D eigenvalue weighted by atomic mass is 16.5. The number of ether oxygens (including phenoxy) is 1. The number of anilines is 3. The molecule has 0 amide bonds. The number of nitrogens with two attached hydrogens (primary N) is 1. The van der Waals surface area contributed by atoms with E-state index in [9.17, 15) is 0 Å². The highest BCUT2D eigenvalue weighted by Crippen LogP contribution is 2.20. The second-order valence-corrected chi connectivity index (χ2v) is 4.74. The van der Waals surface area contributed by atoms with Crippen LogP contribution >= 0.6 is 0 Å². The zero-order chi connectivity index (χ0) is 13.7. The van der Waals surface area contributed by atoms with Crippen molar-refractivity contribution < 1.29 is 4.74 Å². The normalized spacial score (nSPS) is 19.5. The standard InChI is InChI=1S/C13H23N5O/c1-3-5-15-11-8-12(17-13(14)16-11)18-6-7-19-10(4-2)9-18/h8,10H,3-7,9H2,1-2H3,(H3,14,15,16,17). The van der Waals surface area contributed by atoms with Gasteiger partial charge in [-0.1, -0.05) is 13.8 Å². The Bertz CT molecular complexity index is 412. The van der Waals surface area contributed by atoms with Crippen LogP contribution in [0, 0.1) is 0 Å². The minimum atomic E-state index is 0.275. The van der Waals surface area contributed by atoms with E-state index < -0.39 is 0 Å². The molecule has 0 radical (unpaired) electrons. The molecule has 1 unspecified atom stereocenters. The van der Waals surface area contributed by atoms with Crippen LogP contribution in [-0.2, 0) is 4.74 Å². The van der Waals surface area contributed by atoms with E-state index >= 15 is 0 Å². The van der Waals surface area contributed by atoms with Gasteiger partial charge in [-0.3, -0.25) is 0 Å². The zero-order valence-corrected chi connectivity index (χ0v) is 11.7. The average Bonchev–Trinajstić information content (AvgIpc) is 2.44. The average molecular weight is 265 g/mol. The lowest BCUT2D eigenvalue weighted by Gasteiger charge is -2.33. The summed E-state index contributed by atoms with van der Waals surface area (Å²) in [4.78, 5) is 10.7. The number of nitrogens with zero attached hydrogens (tertiary/aromatic N) is 3. The van der Waals surface area contributed by atoms with Crippen molar-refractivity contribution in [2.24, 2.45) is 0 Å². The van der Waals surface area contributed by atoms with E-state index in [1.165, 1.54) is 0 Å². The molecule has 0 spiro atoms. The molecule has 6 nitrogen and oxygen atoms in total. The Balaban J connectivity index is 2.11. The molecule has 0 bridgehead atoms. The molecule has 1 aromatic heterocycles. The zero-order valence-electron chi connectivity index (χ0n) is 11.7. The molecule has 6 heteroatoms. The fourth-order valence-corrected chi connectivity index (χ4v) is 2.13. The van der Waals surface area contributed by atoms with Gasteiger partial charge in [-0.25, -0.2) is 0 Å². The molecule has 0 aliphatic carbocycles. The number of hydrogen-bond donors (Lipinski definition) is 2. The predicted molar refractivity (Wildman–Crippen MR) is 77.5 cm³/mol. The third-order valence-electron chi connectivity index (χ3n) is 3.20. The molecule has 1 atom stereocenters. The Kier molecular flexibility index (Phi) is 4.79. The third kappa shape index (κ3) is 3.70. The Hall–Kier alpha value is -1.56. The summed E-state index contributed by atoms with van der Waals surface area (Å²) in [6, 6.07) is 1.96. The largest absolute Gasteiger partial charge is 0.375 e. The maximum atomic E-state index is 5.78. The van der Waals surface area contributed by atoms with Crippen molar-refractivity contribution in [1.82, 2.24) is 9.97 Å². The Labute approximate surface area is 114 Å². The lowest BCUT2D eigenvalue weighted by Crippen LogP contribution is -2.42. The number of rotatable bonds is 5. The molecule has 1 aliphatic rings. The van der Waals surface area contributed by atoms with Crippen LogP contribution in [0.1, 0.15) is 26.7 Å². The molecular weight excluding hydrogens is 242 g/mol. The molecule has 2 heterocycles. The van der Waals surface area contributed by atoms with E-state index in [2.05, 4.69) is 34.0 Å². The second-order valence-electron chi connectivity index (χ2n) is 4.74. The SMILES string of the molecule is CCCNc1cc(N2CCOC(CC)C2)nc(N)n1. The summed E-state index contributed by atoms with van der Waals surface area (Å²) in [6.07, 6.45) is 2.34. The van der Waals surface area contributed by atoms with Crippen molar-refractivity contribution >= 4 is 17.6 Å². The molecule has 1 saturated heterocycles. The van der Waals surface area contributed by atoms with Gasteiger partial charge in [-0.15, -0.1) is 0 Å². The Morgan fingerprint density at radius 3 is 3.05 bits per heavy atom. The summed E-state index contributed by atoms with van der Waals surface area (Å²) < 4.78 is 5.67. The Morgan fingerprint density at radius 2 is 2.32 bits per heavy atom. The number of hydrogen-bond acceptors (Lipinski definition) is 6. The first-order valence-electron chi connectivity index (χ1n) is 6.98. The quantitative estimate of drug-likeness (QED) is 0.840. The van der Waals surface area contributed by atoms with Gasteiger partial charge in [0.2, 0.25) is 5.95 Å². The monoisotopic (exact) mass is 265 g/mol. The van der Waals surface area contributed by atoms with Gasteiger partial charge in [0.25, 0.3) is 0 Å². The summed E-state index contributed by atoms with van der Waals surface area (Å²) in [5.74, 6) is 1.99. The van der Waals surface area contributed by atoms with Crippen LogP contribution in [0.4, 0.5) is 17.6 Å². The van der Waals surface area contributed by atoms with Crippen molar-refractivity contribution in [1.29, 1.82) is 0 Å². The topological polar surface area (TPSA) is 76.3 Å². The van der Waals surface area contributed by atoms with Crippen LogP contribution in [0.15, 0.2) is 6.07 Å². The first kappa shape index (κ1) is 13.9. The molecule has 3 N–H and O–H groups in total. The molecule has 1 aromatic rings. The fourth-order valence-electron chi connectivity index (χ4n) is 2.13. The maximum Gasteiger partial charge on any atom is 0.223 e. The van der Waals surface area contributed by atoms with E-state index in [1.54, 1.807) is 0 Å². The minimum Gasteiger partial charge on any atom is -0.375 e. The molecule has 19 heavy (non-hydrogen) atoms. The lowest BCUT2D eigenvalue weighted by atomic mass is 10.2. The van der Waals surface area contributed by atoms with Crippen LogP contribution in [0.25, 0.3) is 0 Å².